The molecule has 0 radical (unpaired) electrons. The molecule has 2 N–H and O–H groups in total. The number of halogens is 1. The molecule has 4 nitrogen and oxygen atoms in total. The molecule has 2 rings (SSSR count). The Morgan fingerprint density at radius 1 is 1.21 bits per heavy atom. The van der Waals surface area contributed by atoms with Crippen LogP contribution in [-0.4, -0.2) is 25.7 Å². The maximum absolute atomic E-state index is 12.1. The summed E-state index contributed by atoms with van der Waals surface area (Å²) in [4.78, 5) is 0. The third-order valence-electron chi connectivity index (χ3n) is 3.35. The fourth-order valence-electron chi connectivity index (χ4n) is 2.31. The molecule has 106 valence electrons. The van der Waals surface area contributed by atoms with Gasteiger partial charge in [-0.2, -0.15) is 0 Å². The largest absolute Gasteiger partial charge is 0.393 e. The SMILES string of the molecule is O=S(=O)(Cc1ccccc1Br)NC1CCC(O)CC1. The summed E-state index contributed by atoms with van der Waals surface area (Å²) in [6.45, 7) is 0. The summed E-state index contributed by atoms with van der Waals surface area (Å²) in [6, 6.07) is 7.27. The second-order valence-electron chi connectivity index (χ2n) is 4.97. The second kappa shape index (κ2) is 6.35. The molecule has 1 fully saturated rings. The molecule has 0 aliphatic heterocycles. The Hall–Kier alpha value is -0.430. The summed E-state index contributed by atoms with van der Waals surface area (Å²) in [6.07, 6.45) is 2.47. The maximum atomic E-state index is 12.1. The Bertz CT molecular complexity index is 524. The standard InChI is InChI=1S/C13H18BrNO3S/c14-13-4-2-1-3-10(13)9-19(17,18)15-11-5-7-12(16)8-6-11/h1-4,11-12,15-16H,5-9H2. The maximum Gasteiger partial charge on any atom is 0.216 e. The summed E-state index contributed by atoms with van der Waals surface area (Å²) in [7, 11) is -3.34. The first-order chi connectivity index (χ1) is 8.96. The predicted octanol–water partition coefficient (Wildman–Crippen LogP) is 2.17. The second-order valence-corrected chi connectivity index (χ2v) is 7.58. The van der Waals surface area contributed by atoms with E-state index in [9.17, 15) is 13.5 Å². The summed E-state index contributed by atoms with van der Waals surface area (Å²) in [5.41, 5.74) is 0.755. The van der Waals surface area contributed by atoms with Gasteiger partial charge in [0.1, 0.15) is 0 Å². The minimum atomic E-state index is -3.34. The topological polar surface area (TPSA) is 66.4 Å². The number of sulfonamides is 1. The van der Waals surface area contributed by atoms with Crippen molar-refractivity contribution >= 4 is 26.0 Å². The van der Waals surface area contributed by atoms with Crippen molar-refractivity contribution in [2.24, 2.45) is 0 Å². The average Bonchev–Trinajstić information content (AvgIpc) is 2.35. The van der Waals surface area contributed by atoms with E-state index in [0.29, 0.717) is 25.7 Å². The lowest BCUT2D eigenvalue weighted by Gasteiger charge is -2.26. The highest BCUT2D eigenvalue weighted by Crippen LogP contribution is 2.21. The molecule has 0 bridgehead atoms. The van der Waals surface area contributed by atoms with Gasteiger partial charge in [0.05, 0.1) is 11.9 Å². The van der Waals surface area contributed by atoms with Crippen molar-refractivity contribution in [3.05, 3.63) is 34.3 Å². The van der Waals surface area contributed by atoms with E-state index >= 15 is 0 Å². The Kier molecular flexibility index (Phi) is 5.00. The van der Waals surface area contributed by atoms with Crippen LogP contribution in [0.25, 0.3) is 0 Å². The lowest BCUT2D eigenvalue weighted by atomic mass is 9.94. The highest BCUT2D eigenvalue weighted by molar-refractivity contribution is 9.10. The average molecular weight is 348 g/mol. The van der Waals surface area contributed by atoms with Gasteiger partial charge in [0.2, 0.25) is 10.0 Å². The van der Waals surface area contributed by atoms with Gasteiger partial charge in [0.15, 0.2) is 0 Å². The van der Waals surface area contributed by atoms with Crippen molar-refractivity contribution < 1.29 is 13.5 Å². The third-order valence-corrected chi connectivity index (χ3v) is 5.50. The molecule has 1 aromatic rings. The quantitative estimate of drug-likeness (QED) is 0.877. The molecule has 1 aromatic carbocycles. The van der Waals surface area contributed by atoms with Crippen LogP contribution in [0.3, 0.4) is 0 Å². The van der Waals surface area contributed by atoms with Gasteiger partial charge in [-0.25, -0.2) is 13.1 Å². The van der Waals surface area contributed by atoms with E-state index in [0.717, 1.165) is 10.0 Å². The molecule has 0 spiro atoms. The van der Waals surface area contributed by atoms with E-state index in [1.807, 2.05) is 18.2 Å². The Labute approximate surface area is 122 Å². The first-order valence-electron chi connectivity index (χ1n) is 6.38. The smallest absolute Gasteiger partial charge is 0.216 e. The molecule has 19 heavy (non-hydrogen) atoms. The van der Waals surface area contributed by atoms with Crippen molar-refractivity contribution in [2.45, 2.75) is 43.6 Å². The van der Waals surface area contributed by atoms with Gasteiger partial charge in [-0.05, 0) is 37.3 Å². The lowest BCUT2D eigenvalue weighted by Crippen LogP contribution is -2.39. The number of benzene rings is 1. The van der Waals surface area contributed by atoms with Crippen molar-refractivity contribution in [2.75, 3.05) is 0 Å². The molecule has 1 saturated carbocycles. The van der Waals surface area contributed by atoms with Gasteiger partial charge < -0.3 is 5.11 Å². The third kappa shape index (κ3) is 4.56. The Balaban J connectivity index is 1.97. The molecule has 0 unspecified atom stereocenters. The van der Waals surface area contributed by atoms with Crippen LogP contribution in [0.4, 0.5) is 0 Å². The van der Waals surface area contributed by atoms with Gasteiger partial charge in [0.25, 0.3) is 0 Å². The first-order valence-corrected chi connectivity index (χ1v) is 8.82. The minimum absolute atomic E-state index is 0.0204. The van der Waals surface area contributed by atoms with Crippen LogP contribution in [0.1, 0.15) is 31.2 Å². The normalized spacial score (nSPS) is 24.3. The number of nitrogens with one attached hydrogen (secondary N) is 1. The van der Waals surface area contributed by atoms with Crippen molar-refractivity contribution in [3.63, 3.8) is 0 Å². The first kappa shape index (κ1) is 15.0. The number of rotatable bonds is 4. The molecule has 0 aromatic heterocycles. The van der Waals surface area contributed by atoms with Crippen LogP contribution in [0.15, 0.2) is 28.7 Å². The molecule has 0 atom stereocenters. The molecule has 1 aliphatic carbocycles. The lowest BCUT2D eigenvalue weighted by molar-refractivity contribution is 0.120. The van der Waals surface area contributed by atoms with E-state index in [1.54, 1.807) is 6.07 Å². The van der Waals surface area contributed by atoms with Gasteiger partial charge >= 0.3 is 0 Å². The monoisotopic (exact) mass is 347 g/mol. The summed E-state index contributed by atoms with van der Waals surface area (Å²) < 4.78 is 27.8. The van der Waals surface area contributed by atoms with Crippen LogP contribution in [0, 0.1) is 0 Å². The van der Waals surface area contributed by atoms with E-state index in [4.69, 9.17) is 0 Å². The zero-order valence-corrected chi connectivity index (χ0v) is 13.0. The molecular weight excluding hydrogens is 330 g/mol. The summed E-state index contributed by atoms with van der Waals surface area (Å²) in [5.74, 6) is -0.0204. The predicted molar refractivity (Wildman–Crippen MR) is 78.2 cm³/mol. The van der Waals surface area contributed by atoms with Crippen molar-refractivity contribution in [1.29, 1.82) is 0 Å². The number of hydrogen-bond donors (Lipinski definition) is 2. The van der Waals surface area contributed by atoms with E-state index in [2.05, 4.69) is 20.7 Å². The van der Waals surface area contributed by atoms with Crippen molar-refractivity contribution in [1.82, 2.24) is 4.72 Å². The molecule has 0 saturated heterocycles. The molecular formula is C13H18BrNO3S. The van der Waals surface area contributed by atoms with Gasteiger partial charge in [-0.15, -0.1) is 0 Å². The van der Waals surface area contributed by atoms with Gasteiger partial charge in [-0.1, -0.05) is 34.1 Å². The van der Waals surface area contributed by atoms with E-state index in [1.165, 1.54) is 0 Å². The van der Waals surface area contributed by atoms with Crippen molar-refractivity contribution in [3.8, 4) is 0 Å². The van der Waals surface area contributed by atoms with Crippen LogP contribution in [0.5, 0.6) is 0 Å². The zero-order chi connectivity index (χ0) is 13.9. The van der Waals surface area contributed by atoms with Crippen LogP contribution in [0.2, 0.25) is 0 Å². The van der Waals surface area contributed by atoms with Crippen LogP contribution in [-0.2, 0) is 15.8 Å². The highest BCUT2D eigenvalue weighted by Gasteiger charge is 2.24. The van der Waals surface area contributed by atoms with Gasteiger partial charge in [-0.3, -0.25) is 0 Å². The fraction of sp³-hybridized carbons (Fsp3) is 0.538. The van der Waals surface area contributed by atoms with Gasteiger partial charge in [0, 0.05) is 10.5 Å². The molecule has 0 heterocycles. The minimum Gasteiger partial charge on any atom is -0.393 e. The Morgan fingerprint density at radius 2 is 1.84 bits per heavy atom. The zero-order valence-electron chi connectivity index (χ0n) is 10.5. The summed E-state index contributed by atoms with van der Waals surface area (Å²) in [5, 5.41) is 9.41. The molecule has 6 heteroatoms. The Morgan fingerprint density at radius 3 is 2.47 bits per heavy atom. The highest BCUT2D eigenvalue weighted by atomic mass is 79.9. The number of aliphatic hydroxyl groups excluding tert-OH is 1. The fourth-order valence-corrected chi connectivity index (χ4v) is 4.41. The van der Waals surface area contributed by atoms with E-state index < -0.39 is 10.0 Å². The number of aliphatic hydroxyl groups is 1. The molecule has 1 aliphatic rings. The van der Waals surface area contributed by atoms with Crippen LogP contribution < -0.4 is 4.72 Å². The van der Waals surface area contributed by atoms with E-state index in [-0.39, 0.29) is 17.9 Å². The summed E-state index contributed by atoms with van der Waals surface area (Å²) >= 11 is 3.36. The molecule has 0 amide bonds. The number of hydrogen-bond acceptors (Lipinski definition) is 3. The van der Waals surface area contributed by atoms with Crippen LogP contribution >= 0.6 is 15.9 Å².